The minimum absolute atomic E-state index is 0.161. The Bertz CT molecular complexity index is 365. The molecule has 120 valence electrons. The molecule has 0 aromatic carbocycles. The monoisotopic (exact) mass is 316 g/mol. The van der Waals surface area contributed by atoms with E-state index in [1.807, 2.05) is 32.9 Å². The predicted octanol–water partition coefficient (Wildman–Crippen LogP) is 2.07. The van der Waals surface area contributed by atoms with E-state index in [1.54, 1.807) is 0 Å². The van der Waals surface area contributed by atoms with Crippen molar-refractivity contribution in [3.05, 3.63) is 12.2 Å². The van der Waals surface area contributed by atoms with E-state index in [0.717, 1.165) is 0 Å². The zero-order valence-electron chi connectivity index (χ0n) is 12.9. The zero-order chi connectivity index (χ0) is 15.7. The van der Waals surface area contributed by atoms with Crippen LogP contribution < -0.4 is 0 Å². The number of hydrogen-bond acceptors (Lipinski definition) is 6. The molecule has 0 bridgehead atoms. The molecular weight excluding hydrogens is 292 g/mol. The molecule has 1 saturated heterocycles. The summed E-state index contributed by atoms with van der Waals surface area (Å²) in [6.45, 7) is 7.31. The molecule has 1 unspecified atom stereocenters. The van der Waals surface area contributed by atoms with Gasteiger partial charge in [0.05, 0.1) is 12.3 Å². The maximum absolute atomic E-state index is 11.3. The zero-order valence-corrected chi connectivity index (χ0v) is 13.9. The van der Waals surface area contributed by atoms with Crippen molar-refractivity contribution < 1.29 is 27.6 Å². The highest BCUT2D eigenvalue weighted by Crippen LogP contribution is 2.21. The molecule has 1 aliphatic rings. The van der Waals surface area contributed by atoms with Gasteiger partial charge in [-0.1, -0.05) is 12.2 Å². The first-order valence-corrected chi connectivity index (χ1v) is 9.31. The standard InChI is InChI=1S/C14H24O6Si/c1-4-17-21(18-5-2,19-6-3)10-8-7-9-12-11-13(15)20-14(12)16/h7-8,12H,4-6,9-11H2,1-3H3/b8-7+. The molecule has 1 heterocycles. The third kappa shape index (κ3) is 5.70. The van der Waals surface area contributed by atoms with E-state index in [4.69, 9.17) is 13.3 Å². The van der Waals surface area contributed by atoms with E-state index in [0.29, 0.717) is 32.3 Å². The van der Waals surface area contributed by atoms with Gasteiger partial charge in [-0.3, -0.25) is 9.59 Å². The Balaban J connectivity index is 2.52. The van der Waals surface area contributed by atoms with Crippen molar-refractivity contribution in [2.45, 2.75) is 39.7 Å². The Morgan fingerprint density at radius 1 is 1.10 bits per heavy atom. The fraction of sp³-hybridized carbons (Fsp3) is 0.714. The maximum atomic E-state index is 11.3. The summed E-state index contributed by atoms with van der Waals surface area (Å²) in [7, 11) is -2.67. The summed E-state index contributed by atoms with van der Waals surface area (Å²) in [4.78, 5) is 22.3. The van der Waals surface area contributed by atoms with Gasteiger partial charge in [0.2, 0.25) is 0 Å². The Kier molecular flexibility index (Phi) is 7.80. The summed E-state index contributed by atoms with van der Waals surface area (Å²) in [6.07, 6.45) is 4.42. The summed E-state index contributed by atoms with van der Waals surface area (Å²) in [5.74, 6) is -1.25. The van der Waals surface area contributed by atoms with Gasteiger partial charge in [0.1, 0.15) is 0 Å². The van der Waals surface area contributed by atoms with Crippen molar-refractivity contribution >= 4 is 20.7 Å². The van der Waals surface area contributed by atoms with Crippen LogP contribution in [-0.2, 0) is 27.6 Å². The van der Waals surface area contributed by atoms with Gasteiger partial charge >= 0.3 is 20.7 Å². The lowest BCUT2D eigenvalue weighted by Gasteiger charge is -2.27. The van der Waals surface area contributed by atoms with Crippen LogP contribution in [-0.4, -0.2) is 40.6 Å². The van der Waals surface area contributed by atoms with E-state index in [9.17, 15) is 9.59 Å². The highest BCUT2D eigenvalue weighted by molar-refractivity contribution is 6.61. The van der Waals surface area contributed by atoms with Gasteiger partial charge in [0.25, 0.3) is 0 Å². The van der Waals surface area contributed by atoms with Gasteiger partial charge in [0.15, 0.2) is 0 Å². The van der Waals surface area contributed by atoms with E-state index >= 15 is 0 Å². The molecule has 1 aliphatic heterocycles. The second kappa shape index (κ2) is 9.09. The minimum Gasteiger partial charge on any atom is -0.393 e. The van der Waals surface area contributed by atoms with Crippen LogP contribution in [0.4, 0.5) is 0 Å². The minimum atomic E-state index is -2.67. The fourth-order valence-corrected chi connectivity index (χ4v) is 4.53. The van der Waals surface area contributed by atoms with E-state index in [1.165, 1.54) is 0 Å². The molecule has 0 aliphatic carbocycles. The third-order valence-electron chi connectivity index (χ3n) is 3.01. The molecule has 1 rings (SSSR count). The van der Waals surface area contributed by atoms with Crippen LogP contribution in [0.2, 0.25) is 6.04 Å². The van der Waals surface area contributed by atoms with Gasteiger partial charge in [0, 0.05) is 25.9 Å². The Hall–Kier alpha value is -1.02. The van der Waals surface area contributed by atoms with Crippen LogP contribution in [0.1, 0.15) is 33.6 Å². The SMILES string of the molecule is CCO[Si](C/C=C/CC1CC(=O)OC1=O)(OCC)OCC. The first-order chi connectivity index (χ1) is 10.1. The van der Waals surface area contributed by atoms with Crippen molar-refractivity contribution in [1.29, 1.82) is 0 Å². The molecule has 1 atom stereocenters. The second-order valence-corrected chi connectivity index (χ2v) is 7.23. The van der Waals surface area contributed by atoms with Crippen LogP contribution >= 0.6 is 0 Å². The molecule has 6 nitrogen and oxygen atoms in total. The largest absolute Gasteiger partial charge is 0.504 e. The molecule has 0 radical (unpaired) electrons. The normalized spacial score (nSPS) is 19.5. The molecule has 21 heavy (non-hydrogen) atoms. The smallest absolute Gasteiger partial charge is 0.393 e. The van der Waals surface area contributed by atoms with Crippen LogP contribution in [0.3, 0.4) is 0 Å². The third-order valence-corrected chi connectivity index (χ3v) is 5.93. The van der Waals surface area contributed by atoms with Gasteiger partial charge < -0.3 is 18.0 Å². The number of allylic oxidation sites excluding steroid dienone is 2. The van der Waals surface area contributed by atoms with E-state index < -0.39 is 20.7 Å². The molecule has 0 spiro atoms. The summed E-state index contributed by atoms with van der Waals surface area (Å²) < 4.78 is 21.7. The predicted molar refractivity (Wildman–Crippen MR) is 78.4 cm³/mol. The van der Waals surface area contributed by atoms with Crippen molar-refractivity contribution in [3.63, 3.8) is 0 Å². The number of rotatable bonds is 10. The summed E-state index contributed by atoms with van der Waals surface area (Å²) in [6, 6.07) is 0.554. The highest BCUT2D eigenvalue weighted by Gasteiger charge is 2.39. The maximum Gasteiger partial charge on any atom is 0.504 e. The first kappa shape index (κ1) is 18.0. The first-order valence-electron chi connectivity index (χ1n) is 7.38. The van der Waals surface area contributed by atoms with Crippen molar-refractivity contribution in [1.82, 2.24) is 0 Å². The van der Waals surface area contributed by atoms with Crippen LogP contribution in [0, 0.1) is 5.92 Å². The molecule has 1 fully saturated rings. The highest BCUT2D eigenvalue weighted by atomic mass is 28.4. The second-order valence-electron chi connectivity index (χ2n) is 4.59. The van der Waals surface area contributed by atoms with Crippen molar-refractivity contribution in [2.75, 3.05) is 19.8 Å². The summed E-state index contributed by atoms with van der Waals surface area (Å²) in [5.41, 5.74) is 0. The van der Waals surface area contributed by atoms with Crippen LogP contribution in [0.25, 0.3) is 0 Å². The number of ether oxygens (including phenoxy) is 1. The number of cyclic esters (lactones) is 2. The van der Waals surface area contributed by atoms with Gasteiger partial charge in [-0.05, 0) is 27.2 Å². The van der Waals surface area contributed by atoms with E-state index in [2.05, 4.69) is 4.74 Å². The fourth-order valence-electron chi connectivity index (χ4n) is 2.15. The summed E-state index contributed by atoms with van der Waals surface area (Å²) >= 11 is 0. The van der Waals surface area contributed by atoms with Gasteiger partial charge in [-0.25, -0.2) is 0 Å². The van der Waals surface area contributed by atoms with Gasteiger partial charge in [-0.2, -0.15) is 0 Å². The molecule has 7 heteroatoms. The topological polar surface area (TPSA) is 71.1 Å². The number of esters is 2. The number of carbonyl (C=O) groups is 2. The Morgan fingerprint density at radius 3 is 2.10 bits per heavy atom. The Labute approximate surface area is 126 Å². The van der Waals surface area contributed by atoms with Crippen molar-refractivity contribution in [3.8, 4) is 0 Å². The molecule has 0 aromatic heterocycles. The molecule has 0 saturated carbocycles. The number of carbonyl (C=O) groups excluding carboxylic acids is 2. The quantitative estimate of drug-likeness (QED) is 0.266. The Morgan fingerprint density at radius 2 is 1.67 bits per heavy atom. The average Bonchev–Trinajstić information content (AvgIpc) is 2.74. The van der Waals surface area contributed by atoms with Crippen molar-refractivity contribution in [2.24, 2.45) is 5.92 Å². The van der Waals surface area contributed by atoms with E-state index in [-0.39, 0.29) is 12.3 Å². The molecule has 0 N–H and O–H groups in total. The van der Waals surface area contributed by atoms with Gasteiger partial charge in [-0.15, -0.1) is 0 Å². The lowest BCUT2D eigenvalue weighted by molar-refractivity contribution is -0.153. The lowest BCUT2D eigenvalue weighted by Crippen LogP contribution is -2.45. The number of hydrogen-bond donors (Lipinski definition) is 0. The average molecular weight is 316 g/mol. The summed E-state index contributed by atoms with van der Waals surface area (Å²) in [5, 5.41) is 0. The van der Waals surface area contributed by atoms with Crippen LogP contribution in [0.15, 0.2) is 12.2 Å². The molecule has 0 aromatic rings. The molecular formula is C14H24O6Si. The lowest BCUT2D eigenvalue weighted by atomic mass is 10.0. The molecule has 0 amide bonds. The van der Waals surface area contributed by atoms with Crippen LogP contribution in [0.5, 0.6) is 0 Å².